The van der Waals surface area contributed by atoms with Gasteiger partial charge in [-0.05, 0) is 53.0 Å². The van der Waals surface area contributed by atoms with Gasteiger partial charge in [-0.1, -0.05) is 151 Å². The number of hydrogen-bond acceptors (Lipinski definition) is 9. The molecule has 2 atom stereocenters. The van der Waals surface area contributed by atoms with Crippen LogP contribution in [0, 0.1) is 3.95 Å². The Balaban J connectivity index is 1.52. The summed E-state index contributed by atoms with van der Waals surface area (Å²) in [5.74, 6) is -2.26. The number of ether oxygens (including phenoxy) is 1. The third kappa shape index (κ3) is 9.27. The van der Waals surface area contributed by atoms with Crippen LogP contribution in [0.15, 0.2) is 152 Å². The van der Waals surface area contributed by atoms with Gasteiger partial charge >= 0.3 is 6.09 Å². The first-order valence-corrected chi connectivity index (χ1v) is 18.7. The van der Waals surface area contributed by atoms with Crippen LogP contribution in [0.25, 0.3) is 0 Å². The quantitative estimate of drug-likeness (QED) is 0.0460. The topological polar surface area (TPSA) is 160 Å². The van der Waals surface area contributed by atoms with Gasteiger partial charge in [-0.25, -0.2) is 4.79 Å². The van der Waals surface area contributed by atoms with E-state index in [0.29, 0.717) is 9.52 Å². The molecule has 6 rings (SSSR count). The second-order valence-electron chi connectivity index (χ2n) is 12.5. The molecule has 55 heavy (non-hydrogen) atoms. The minimum atomic E-state index is -1.84. The molecular weight excluding hydrogens is 733 g/mol. The molecular formula is C42H38N6O5S2. The average molecular weight is 771 g/mol. The molecule has 0 aliphatic heterocycles. The van der Waals surface area contributed by atoms with Gasteiger partial charge in [0, 0.05) is 12.1 Å². The molecule has 278 valence electrons. The van der Waals surface area contributed by atoms with Gasteiger partial charge in [0.2, 0.25) is 11.0 Å². The lowest BCUT2D eigenvalue weighted by Crippen LogP contribution is -2.61. The number of H-pyrrole nitrogens is 1. The summed E-state index contributed by atoms with van der Waals surface area (Å²) in [4.78, 5) is 57.8. The molecule has 11 nitrogen and oxygen atoms in total. The van der Waals surface area contributed by atoms with Crippen LogP contribution in [0.4, 0.5) is 15.6 Å². The molecule has 1 unspecified atom stereocenters. The molecule has 0 saturated carbocycles. The van der Waals surface area contributed by atoms with Gasteiger partial charge in [-0.15, -0.1) is 5.10 Å². The number of carbonyl (C=O) groups is 4. The predicted octanol–water partition coefficient (Wildman–Crippen LogP) is 7.14. The highest BCUT2D eigenvalue weighted by Crippen LogP contribution is 2.38. The Labute approximate surface area is 327 Å². The zero-order valence-corrected chi connectivity index (χ0v) is 31.2. The fourth-order valence-corrected chi connectivity index (χ4v) is 7.20. The molecule has 0 radical (unpaired) electrons. The highest BCUT2D eigenvalue weighted by molar-refractivity contribution is 7.73. The van der Waals surface area contributed by atoms with Crippen molar-refractivity contribution in [3.05, 3.63) is 178 Å². The maximum atomic E-state index is 15.5. The molecule has 0 saturated heterocycles. The SMILES string of the molecule is NC(=O)CC[C@H](NC(c1ccccc1)(c1ccccc1)c1ccccc1)C(=O)C(C(=O)Nc1n[nH]c(=S)s1)N(C(=O)OCc1ccccc1)c1ccccc1. The number of nitrogens with one attached hydrogen (secondary N) is 3. The van der Waals surface area contributed by atoms with Crippen molar-refractivity contribution in [3.8, 4) is 0 Å². The number of hydrogen-bond donors (Lipinski definition) is 4. The second kappa shape index (κ2) is 18.2. The van der Waals surface area contributed by atoms with Crippen molar-refractivity contribution in [1.82, 2.24) is 15.5 Å². The monoisotopic (exact) mass is 770 g/mol. The maximum absolute atomic E-state index is 15.5. The van der Waals surface area contributed by atoms with E-state index >= 15 is 4.79 Å². The summed E-state index contributed by atoms with van der Waals surface area (Å²) >= 11 is 6.18. The molecule has 0 bridgehead atoms. The van der Waals surface area contributed by atoms with Crippen LogP contribution in [0.5, 0.6) is 0 Å². The third-order valence-electron chi connectivity index (χ3n) is 8.91. The normalized spacial score (nSPS) is 12.2. The minimum absolute atomic E-state index is 0.0901. The van der Waals surface area contributed by atoms with Crippen molar-refractivity contribution in [2.75, 3.05) is 10.2 Å². The lowest BCUT2D eigenvalue weighted by molar-refractivity contribution is -0.129. The first-order chi connectivity index (χ1) is 26.8. The van der Waals surface area contributed by atoms with Crippen molar-refractivity contribution >= 4 is 58.1 Å². The summed E-state index contributed by atoms with van der Waals surface area (Å²) < 4.78 is 6.08. The number of benzene rings is 5. The summed E-state index contributed by atoms with van der Waals surface area (Å²) in [6.45, 7) is -0.130. The number of aromatic nitrogens is 2. The third-order valence-corrected chi connectivity index (χ3v) is 9.92. The Morgan fingerprint density at radius 2 is 1.25 bits per heavy atom. The molecule has 6 aromatic rings. The molecule has 1 heterocycles. The number of rotatable bonds is 16. The van der Waals surface area contributed by atoms with Gasteiger partial charge in [0.1, 0.15) is 6.61 Å². The number of primary amides is 1. The highest BCUT2D eigenvalue weighted by Gasteiger charge is 2.46. The Morgan fingerprint density at radius 1 is 0.764 bits per heavy atom. The summed E-state index contributed by atoms with van der Waals surface area (Å²) in [6, 6.07) is 42.9. The van der Waals surface area contributed by atoms with E-state index < -0.39 is 41.3 Å². The summed E-state index contributed by atoms with van der Waals surface area (Å²) in [5.41, 5.74) is 7.78. The molecule has 0 fully saturated rings. The zero-order valence-electron chi connectivity index (χ0n) is 29.5. The van der Waals surface area contributed by atoms with E-state index in [4.69, 9.17) is 22.7 Å². The molecule has 1 aromatic heterocycles. The molecule has 0 aliphatic rings. The van der Waals surface area contributed by atoms with E-state index in [0.717, 1.165) is 32.9 Å². The van der Waals surface area contributed by atoms with E-state index in [1.54, 1.807) is 42.5 Å². The van der Waals surface area contributed by atoms with Crippen LogP contribution in [0.3, 0.4) is 0 Å². The Morgan fingerprint density at radius 3 is 1.73 bits per heavy atom. The van der Waals surface area contributed by atoms with Crippen molar-refractivity contribution in [3.63, 3.8) is 0 Å². The number of Topliss-reactive ketones (excluding diaryl/α,β-unsaturated/α-hetero) is 1. The second-order valence-corrected chi connectivity index (χ2v) is 14.2. The number of para-hydroxylation sites is 1. The first-order valence-electron chi connectivity index (χ1n) is 17.4. The van der Waals surface area contributed by atoms with E-state index in [9.17, 15) is 14.4 Å². The number of nitrogens with zero attached hydrogens (tertiary/aromatic N) is 2. The molecule has 13 heteroatoms. The van der Waals surface area contributed by atoms with Crippen LogP contribution >= 0.6 is 23.6 Å². The lowest BCUT2D eigenvalue weighted by Gasteiger charge is -2.41. The number of amides is 3. The van der Waals surface area contributed by atoms with Crippen LogP contribution in [0.2, 0.25) is 0 Å². The summed E-state index contributed by atoms with van der Waals surface area (Å²) in [6.07, 6.45) is -1.28. The van der Waals surface area contributed by atoms with Crippen molar-refractivity contribution in [2.24, 2.45) is 5.73 Å². The minimum Gasteiger partial charge on any atom is -0.444 e. The number of ketones is 1. The van der Waals surface area contributed by atoms with Crippen molar-refractivity contribution in [1.29, 1.82) is 0 Å². The largest absolute Gasteiger partial charge is 0.444 e. The van der Waals surface area contributed by atoms with Gasteiger partial charge in [0.25, 0.3) is 5.91 Å². The van der Waals surface area contributed by atoms with Gasteiger partial charge in [-0.3, -0.25) is 35.0 Å². The van der Waals surface area contributed by atoms with Crippen LogP contribution < -0.4 is 21.3 Å². The summed E-state index contributed by atoms with van der Waals surface area (Å²) in [7, 11) is 0. The maximum Gasteiger partial charge on any atom is 0.415 e. The fraction of sp³-hybridized carbons (Fsp3) is 0.143. The number of anilines is 2. The smallest absolute Gasteiger partial charge is 0.415 e. The van der Waals surface area contributed by atoms with Crippen molar-refractivity contribution in [2.45, 2.75) is 37.1 Å². The zero-order chi connectivity index (χ0) is 38.6. The van der Waals surface area contributed by atoms with Gasteiger partial charge in [-0.2, -0.15) is 0 Å². The van der Waals surface area contributed by atoms with E-state index in [1.807, 2.05) is 109 Å². The number of nitrogens with two attached hydrogens (primary N) is 1. The number of carbonyl (C=O) groups excluding carboxylic acids is 4. The fourth-order valence-electron chi connectivity index (χ4n) is 6.41. The van der Waals surface area contributed by atoms with Gasteiger partial charge in [0.15, 0.2) is 15.8 Å². The lowest BCUT2D eigenvalue weighted by atomic mass is 9.76. The van der Waals surface area contributed by atoms with E-state index in [2.05, 4.69) is 20.8 Å². The van der Waals surface area contributed by atoms with E-state index in [-0.39, 0.29) is 30.3 Å². The van der Waals surface area contributed by atoms with Crippen LogP contribution in [-0.4, -0.2) is 46.0 Å². The Hall–Kier alpha value is -6.28. The summed E-state index contributed by atoms with van der Waals surface area (Å²) in [5, 5.41) is 13.1. The molecule has 0 spiro atoms. The first kappa shape index (κ1) is 38.4. The Bertz CT molecular complexity index is 2160. The van der Waals surface area contributed by atoms with Crippen molar-refractivity contribution < 1.29 is 23.9 Å². The van der Waals surface area contributed by atoms with Crippen LogP contribution in [0.1, 0.15) is 35.1 Å². The average Bonchev–Trinajstić information content (AvgIpc) is 3.64. The molecule has 5 N–H and O–H groups in total. The van der Waals surface area contributed by atoms with Crippen LogP contribution in [-0.2, 0) is 31.3 Å². The Kier molecular flexibility index (Phi) is 12.7. The predicted molar refractivity (Wildman–Crippen MR) is 215 cm³/mol. The van der Waals surface area contributed by atoms with E-state index in [1.165, 1.54) is 0 Å². The standard InChI is InChI=1S/C42H38N6O5S2/c43-35(49)27-26-34(45-42(30-18-8-2-9-19-30,31-20-10-3-11-21-31)32-22-12-4-13-23-32)37(50)36(38(51)44-39-46-47-40(54)55-39)48(33-24-14-5-15-25-33)41(52)53-28-29-16-6-1-7-17-29/h1-25,34,36,45H,26-28H2,(H2,43,49)(H,47,54)(H,44,46,51)/t34-,36?/m0/s1. The molecule has 0 aliphatic carbocycles. The molecule has 5 aromatic carbocycles. The molecule has 3 amide bonds. The van der Waals surface area contributed by atoms with Gasteiger partial charge < -0.3 is 10.5 Å². The highest BCUT2D eigenvalue weighted by atomic mass is 32.1. The van der Waals surface area contributed by atoms with Gasteiger partial charge in [0.05, 0.1) is 11.6 Å². The number of aromatic amines is 1.